The van der Waals surface area contributed by atoms with Crippen LogP contribution < -0.4 is 26.6 Å². The maximum atomic E-state index is 4.80. The monoisotopic (exact) mass is 462 g/mol. The first-order valence-electron chi connectivity index (χ1n) is 10.8. The molecule has 5 N–H and O–H groups in total. The summed E-state index contributed by atoms with van der Waals surface area (Å²) in [6, 6.07) is 3.15. The molecule has 1 aliphatic heterocycles. The van der Waals surface area contributed by atoms with Gasteiger partial charge < -0.3 is 26.6 Å². The summed E-state index contributed by atoms with van der Waals surface area (Å²) in [5, 5.41) is 19.0. The predicted octanol–water partition coefficient (Wildman–Crippen LogP) is 2.34. The molecule has 1 heterocycles. The van der Waals surface area contributed by atoms with Crippen LogP contribution in [0.2, 0.25) is 0 Å². The van der Waals surface area contributed by atoms with Crippen LogP contribution >= 0.6 is 20.2 Å². The second kappa shape index (κ2) is 14.8. The SMILES string of the molecule is C[C@H]1CNC2CCCCC2NCCN[C@@H]2CCCC[C@H]2NCCN1.[Cl][Mn][Cl]. The standard InChI is InChI=1S/C19H39N5.2ClH.Mn/c1-15-14-24-19-9-5-4-8-18(19)23-13-12-22-17-7-3-2-6-16(17)21-11-10-20-15;;;/h15-24H,2-14H2,1H3;2*1H;/q;;;+2/p-2/t15-,16+,17+,18?,19?;;;/m0.../s1. The molecule has 2 saturated carbocycles. The van der Waals surface area contributed by atoms with Crippen LogP contribution in [-0.4, -0.2) is 62.9 Å². The van der Waals surface area contributed by atoms with E-state index in [1.165, 1.54) is 51.4 Å². The van der Waals surface area contributed by atoms with Gasteiger partial charge in [0.1, 0.15) is 0 Å². The average molecular weight is 463 g/mol. The van der Waals surface area contributed by atoms with Gasteiger partial charge in [-0.15, -0.1) is 0 Å². The molecule has 0 aromatic rings. The van der Waals surface area contributed by atoms with Crippen LogP contribution in [0.4, 0.5) is 0 Å². The number of hydrogen-bond acceptors (Lipinski definition) is 5. The third-order valence-electron chi connectivity index (χ3n) is 6.18. The van der Waals surface area contributed by atoms with Gasteiger partial charge in [0.2, 0.25) is 0 Å². The Balaban J connectivity index is 0.000000817. The third-order valence-corrected chi connectivity index (χ3v) is 6.18. The van der Waals surface area contributed by atoms with Crippen molar-refractivity contribution in [2.75, 3.05) is 32.7 Å². The zero-order valence-corrected chi connectivity index (χ0v) is 19.4. The van der Waals surface area contributed by atoms with E-state index in [0.717, 1.165) is 32.7 Å². The van der Waals surface area contributed by atoms with E-state index in [2.05, 4.69) is 33.5 Å². The first-order chi connectivity index (χ1) is 13.2. The summed E-state index contributed by atoms with van der Waals surface area (Å²) in [5.41, 5.74) is 0. The summed E-state index contributed by atoms with van der Waals surface area (Å²) in [4.78, 5) is 0. The molecule has 5 nitrogen and oxygen atoms in total. The average Bonchev–Trinajstić information content (AvgIpc) is 2.69. The molecule has 27 heavy (non-hydrogen) atoms. The number of hydrogen-bond donors (Lipinski definition) is 5. The van der Waals surface area contributed by atoms with Gasteiger partial charge in [-0.1, -0.05) is 25.7 Å². The molecular formula is C19H39Cl2MnN5. The van der Waals surface area contributed by atoms with E-state index >= 15 is 0 Å². The Labute approximate surface area is 180 Å². The summed E-state index contributed by atoms with van der Waals surface area (Å²) < 4.78 is 0. The van der Waals surface area contributed by atoms with E-state index in [4.69, 9.17) is 20.2 Å². The fourth-order valence-corrected chi connectivity index (χ4v) is 4.73. The quantitative estimate of drug-likeness (QED) is 0.357. The summed E-state index contributed by atoms with van der Waals surface area (Å²) in [6.07, 6.45) is 10.8. The molecule has 161 valence electrons. The van der Waals surface area contributed by atoms with Gasteiger partial charge in [-0.3, -0.25) is 0 Å². The van der Waals surface area contributed by atoms with Gasteiger partial charge in [0.25, 0.3) is 0 Å². The Morgan fingerprint density at radius 3 is 1.33 bits per heavy atom. The molecular weight excluding hydrogens is 424 g/mol. The molecule has 0 aromatic heterocycles. The summed E-state index contributed by atoms with van der Waals surface area (Å²) >= 11 is 0.00694. The zero-order valence-electron chi connectivity index (χ0n) is 16.7. The second-order valence-corrected chi connectivity index (χ2v) is 10.1. The number of halogens is 2. The van der Waals surface area contributed by atoms with Crippen LogP contribution in [0.3, 0.4) is 0 Å². The Kier molecular flexibility index (Phi) is 13.3. The number of rotatable bonds is 0. The molecule has 0 aromatic carbocycles. The van der Waals surface area contributed by atoms with Crippen LogP contribution in [-0.2, 0) is 13.1 Å². The minimum atomic E-state index is 0.00694. The number of fused-ring (bicyclic) bond motifs is 2. The molecule has 0 amide bonds. The molecule has 0 radical (unpaired) electrons. The second-order valence-electron chi connectivity index (χ2n) is 8.17. The Bertz CT molecular complexity index is 380. The van der Waals surface area contributed by atoms with Gasteiger partial charge >= 0.3 is 33.3 Å². The van der Waals surface area contributed by atoms with Gasteiger partial charge in [-0.05, 0) is 32.6 Å². The fraction of sp³-hybridized carbons (Fsp3) is 1.00. The van der Waals surface area contributed by atoms with Gasteiger partial charge in [0, 0.05) is 62.9 Å². The van der Waals surface area contributed by atoms with E-state index in [-0.39, 0.29) is 13.1 Å². The topological polar surface area (TPSA) is 60.1 Å². The van der Waals surface area contributed by atoms with Crippen molar-refractivity contribution in [2.24, 2.45) is 0 Å². The molecule has 0 bridgehead atoms. The van der Waals surface area contributed by atoms with Crippen molar-refractivity contribution >= 4 is 20.2 Å². The van der Waals surface area contributed by atoms with Crippen LogP contribution in [0.25, 0.3) is 0 Å². The first-order valence-corrected chi connectivity index (χ1v) is 14.0. The van der Waals surface area contributed by atoms with Crippen LogP contribution in [0.1, 0.15) is 58.3 Å². The van der Waals surface area contributed by atoms with Crippen molar-refractivity contribution in [2.45, 2.75) is 88.5 Å². The van der Waals surface area contributed by atoms with Gasteiger partial charge in [0.15, 0.2) is 0 Å². The van der Waals surface area contributed by atoms with Crippen molar-refractivity contribution in [1.82, 2.24) is 26.6 Å². The maximum absolute atomic E-state index is 4.80. The molecule has 3 fully saturated rings. The molecule has 2 unspecified atom stereocenters. The van der Waals surface area contributed by atoms with E-state index in [9.17, 15) is 0 Å². The zero-order chi connectivity index (χ0) is 19.3. The molecule has 8 heteroatoms. The third kappa shape index (κ3) is 9.50. The van der Waals surface area contributed by atoms with Gasteiger partial charge in [-0.25, -0.2) is 0 Å². The summed E-state index contributed by atoms with van der Waals surface area (Å²) in [6.45, 7) is 7.73. The van der Waals surface area contributed by atoms with Crippen molar-refractivity contribution in [3.63, 3.8) is 0 Å². The number of nitrogens with one attached hydrogen (secondary N) is 5. The van der Waals surface area contributed by atoms with Crippen molar-refractivity contribution in [3.8, 4) is 0 Å². The Morgan fingerprint density at radius 1 is 0.593 bits per heavy atom. The summed E-state index contributed by atoms with van der Waals surface area (Å²) in [5.74, 6) is 0. The van der Waals surface area contributed by atoms with Crippen LogP contribution in [0.5, 0.6) is 0 Å². The Hall–Kier alpha value is 0.899. The normalized spacial score (nSPS) is 36.8. The van der Waals surface area contributed by atoms with Crippen LogP contribution in [0.15, 0.2) is 0 Å². The van der Waals surface area contributed by atoms with E-state index < -0.39 is 0 Å². The van der Waals surface area contributed by atoms with Crippen molar-refractivity contribution in [3.05, 3.63) is 0 Å². The van der Waals surface area contributed by atoms with Gasteiger partial charge in [-0.2, -0.15) is 0 Å². The fourth-order valence-electron chi connectivity index (χ4n) is 4.73. The predicted molar refractivity (Wildman–Crippen MR) is 113 cm³/mol. The molecule has 3 rings (SSSR count). The van der Waals surface area contributed by atoms with E-state index in [0.29, 0.717) is 30.2 Å². The van der Waals surface area contributed by atoms with Crippen molar-refractivity contribution < 1.29 is 13.1 Å². The molecule has 0 spiro atoms. The van der Waals surface area contributed by atoms with Crippen molar-refractivity contribution in [1.29, 1.82) is 0 Å². The summed E-state index contributed by atoms with van der Waals surface area (Å²) in [7, 11) is 9.59. The van der Waals surface area contributed by atoms with Crippen LogP contribution in [0, 0.1) is 0 Å². The molecule has 3 aliphatic rings. The van der Waals surface area contributed by atoms with E-state index in [1.807, 2.05) is 0 Å². The molecule has 2 aliphatic carbocycles. The minimum absolute atomic E-state index is 0.00694. The van der Waals surface area contributed by atoms with E-state index in [1.54, 1.807) is 0 Å². The Morgan fingerprint density at radius 2 is 0.926 bits per heavy atom. The molecule has 5 atom stereocenters. The van der Waals surface area contributed by atoms with Gasteiger partial charge in [0.05, 0.1) is 0 Å². The first kappa shape index (κ1) is 24.2. The molecule has 1 saturated heterocycles.